The first-order chi connectivity index (χ1) is 14.3. The second-order valence-corrected chi connectivity index (χ2v) is 8.25. The SMILES string of the molecule is O=C(Cc1nnnn1CCc1ccccc1)NC1CCCCCCCCCCC1. The number of aryl methyl sites for hydroxylation is 2. The van der Waals surface area contributed by atoms with E-state index in [2.05, 4.69) is 33.0 Å². The van der Waals surface area contributed by atoms with E-state index < -0.39 is 0 Å². The molecule has 3 rings (SSSR count). The maximum absolute atomic E-state index is 12.7. The molecule has 0 unspecified atom stereocenters. The molecule has 0 bridgehead atoms. The van der Waals surface area contributed by atoms with Crippen molar-refractivity contribution in [3.63, 3.8) is 0 Å². The molecule has 1 saturated carbocycles. The Bertz CT molecular complexity index is 703. The van der Waals surface area contributed by atoms with Gasteiger partial charge in [-0.3, -0.25) is 4.79 Å². The number of tetrazole rings is 1. The summed E-state index contributed by atoms with van der Waals surface area (Å²) in [5, 5.41) is 15.2. The van der Waals surface area contributed by atoms with E-state index in [1.807, 2.05) is 18.2 Å². The van der Waals surface area contributed by atoms with Gasteiger partial charge in [-0.05, 0) is 35.3 Å². The molecule has 0 atom stereocenters. The second-order valence-electron chi connectivity index (χ2n) is 8.25. The molecule has 1 fully saturated rings. The highest BCUT2D eigenvalue weighted by molar-refractivity contribution is 5.78. The van der Waals surface area contributed by atoms with Gasteiger partial charge in [0.1, 0.15) is 0 Å². The molecule has 0 saturated heterocycles. The van der Waals surface area contributed by atoms with Crippen LogP contribution in [0.15, 0.2) is 30.3 Å². The van der Waals surface area contributed by atoms with Gasteiger partial charge in [0.25, 0.3) is 0 Å². The summed E-state index contributed by atoms with van der Waals surface area (Å²) in [7, 11) is 0. The van der Waals surface area contributed by atoms with Crippen LogP contribution in [-0.4, -0.2) is 32.2 Å². The molecule has 1 aromatic heterocycles. The Balaban J connectivity index is 1.48. The quantitative estimate of drug-likeness (QED) is 0.791. The molecule has 158 valence electrons. The number of amides is 1. The second kappa shape index (κ2) is 12.3. The number of rotatable bonds is 6. The molecule has 0 aliphatic heterocycles. The molecular weight excluding hydrogens is 362 g/mol. The van der Waals surface area contributed by atoms with Gasteiger partial charge in [0.15, 0.2) is 5.82 Å². The van der Waals surface area contributed by atoms with Gasteiger partial charge >= 0.3 is 0 Å². The summed E-state index contributed by atoms with van der Waals surface area (Å²) in [6.45, 7) is 0.684. The highest BCUT2D eigenvalue weighted by atomic mass is 16.1. The number of carbonyl (C=O) groups excluding carboxylic acids is 1. The Kier molecular flexibility index (Phi) is 9.14. The molecule has 1 amide bonds. The summed E-state index contributed by atoms with van der Waals surface area (Å²) in [6, 6.07) is 10.6. The molecule has 2 aromatic rings. The molecule has 0 spiro atoms. The highest BCUT2D eigenvalue weighted by Crippen LogP contribution is 2.17. The third-order valence-electron chi connectivity index (χ3n) is 5.85. The van der Waals surface area contributed by atoms with Crippen LogP contribution in [0.25, 0.3) is 0 Å². The van der Waals surface area contributed by atoms with Crippen molar-refractivity contribution < 1.29 is 4.79 Å². The normalized spacial score (nSPS) is 17.2. The van der Waals surface area contributed by atoms with E-state index in [1.54, 1.807) is 4.68 Å². The van der Waals surface area contributed by atoms with Crippen LogP contribution in [0.1, 0.15) is 82.0 Å². The van der Waals surface area contributed by atoms with Crippen LogP contribution >= 0.6 is 0 Å². The van der Waals surface area contributed by atoms with E-state index in [4.69, 9.17) is 0 Å². The molecule has 29 heavy (non-hydrogen) atoms. The molecular formula is C23H35N5O. The Labute approximate surface area is 174 Å². The third-order valence-corrected chi connectivity index (χ3v) is 5.85. The van der Waals surface area contributed by atoms with Gasteiger partial charge in [0.05, 0.1) is 6.42 Å². The van der Waals surface area contributed by atoms with Crippen molar-refractivity contribution in [1.82, 2.24) is 25.5 Å². The van der Waals surface area contributed by atoms with Crippen LogP contribution in [0.2, 0.25) is 0 Å². The predicted molar refractivity (Wildman–Crippen MR) is 114 cm³/mol. The van der Waals surface area contributed by atoms with Crippen LogP contribution < -0.4 is 5.32 Å². The summed E-state index contributed by atoms with van der Waals surface area (Å²) in [4.78, 5) is 12.7. The van der Waals surface area contributed by atoms with E-state index in [0.717, 1.165) is 19.3 Å². The predicted octanol–water partition coefficient (Wildman–Crippen LogP) is 4.25. The Morgan fingerprint density at radius 2 is 1.55 bits per heavy atom. The minimum absolute atomic E-state index is 0.0397. The zero-order chi connectivity index (χ0) is 20.2. The van der Waals surface area contributed by atoms with E-state index in [-0.39, 0.29) is 18.4 Å². The van der Waals surface area contributed by atoms with Crippen molar-refractivity contribution in [2.75, 3.05) is 0 Å². The van der Waals surface area contributed by atoms with Crippen molar-refractivity contribution in [3.05, 3.63) is 41.7 Å². The average molecular weight is 398 g/mol. The minimum Gasteiger partial charge on any atom is -0.353 e. The van der Waals surface area contributed by atoms with Crippen LogP contribution in [-0.2, 0) is 24.2 Å². The Morgan fingerprint density at radius 3 is 2.21 bits per heavy atom. The monoisotopic (exact) mass is 397 g/mol. The van der Waals surface area contributed by atoms with E-state index >= 15 is 0 Å². The fourth-order valence-electron chi connectivity index (χ4n) is 4.13. The highest BCUT2D eigenvalue weighted by Gasteiger charge is 2.16. The lowest BCUT2D eigenvalue weighted by Crippen LogP contribution is -2.36. The van der Waals surface area contributed by atoms with Crippen molar-refractivity contribution >= 4 is 5.91 Å². The number of nitrogens with zero attached hydrogens (tertiary/aromatic N) is 4. The maximum atomic E-state index is 12.7. The third kappa shape index (κ3) is 7.95. The molecule has 6 nitrogen and oxygen atoms in total. The fourth-order valence-corrected chi connectivity index (χ4v) is 4.13. The molecule has 1 heterocycles. The Hall–Kier alpha value is -2.24. The van der Waals surface area contributed by atoms with Gasteiger partial charge in [0, 0.05) is 12.6 Å². The first-order valence-electron chi connectivity index (χ1n) is 11.4. The van der Waals surface area contributed by atoms with Gasteiger partial charge in [-0.2, -0.15) is 0 Å². The summed E-state index contributed by atoms with van der Waals surface area (Å²) >= 11 is 0. The number of hydrogen-bond donors (Lipinski definition) is 1. The van der Waals surface area contributed by atoms with Crippen molar-refractivity contribution in [2.45, 2.75) is 96.1 Å². The number of benzene rings is 1. The maximum Gasteiger partial charge on any atom is 0.227 e. The molecule has 0 radical (unpaired) electrons. The molecule has 1 aromatic carbocycles. The summed E-state index contributed by atoms with van der Waals surface area (Å²) in [5.41, 5.74) is 1.24. The van der Waals surface area contributed by atoms with Crippen molar-refractivity contribution in [1.29, 1.82) is 0 Å². The Morgan fingerprint density at radius 1 is 0.931 bits per heavy atom. The van der Waals surface area contributed by atoms with Crippen LogP contribution in [0.4, 0.5) is 0 Å². The van der Waals surface area contributed by atoms with E-state index in [1.165, 1.54) is 63.4 Å². The lowest BCUT2D eigenvalue weighted by Gasteiger charge is -2.19. The van der Waals surface area contributed by atoms with Gasteiger partial charge in [-0.15, -0.1) is 5.10 Å². The molecule has 1 N–H and O–H groups in total. The topological polar surface area (TPSA) is 72.7 Å². The number of aromatic nitrogens is 4. The summed E-state index contributed by atoms with van der Waals surface area (Å²) in [6.07, 6.45) is 15.0. The zero-order valence-corrected chi connectivity index (χ0v) is 17.6. The summed E-state index contributed by atoms with van der Waals surface area (Å²) in [5.74, 6) is 0.685. The zero-order valence-electron chi connectivity index (χ0n) is 17.6. The summed E-state index contributed by atoms with van der Waals surface area (Å²) < 4.78 is 1.76. The van der Waals surface area contributed by atoms with Gasteiger partial charge < -0.3 is 5.32 Å². The largest absolute Gasteiger partial charge is 0.353 e. The van der Waals surface area contributed by atoms with Gasteiger partial charge in [-0.25, -0.2) is 4.68 Å². The smallest absolute Gasteiger partial charge is 0.227 e. The average Bonchev–Trinajstić information content (AvgIpc) is 3.16. The minimum atomic E-state index is 0.0397. The van der Waals surface area contributed by atoms with Gasteiger partial charge in [-0.1, -0.05) is 88.1 Å². The van der Waals surface area contributed by atoms with Gasteiger partial charge in [0.2, 0.25) is 5.91 Å². The first-order valence-corrected chi connectivity index (χ1v) is 11.4. The van der Waals surface area contributed by atoms with Crippen molar-refractivity contribution in [3.8, 4) is 0 Å². The van der Waals surface area contributed by atoms with E-state index in [0.29, 0.717) is 12.4 Å². The fraction of sp³-hybridized carbons (Fsp3) is 0.652. The number of nitrogens with one attached hydrogen (secondary N) is 1. The number of carbonyl (C=O) groups is 1. The molecule has 6 heteroatoms. The standard InChI is InChI=1S/C23H35N5O/c29-23(24-21-15-11-6-4-2-1-3-5-7-12-16-21)19-22-25-26-27-28(22)18-17-20-13-9-8-10-14-20/h8-10,13-14,21H,1-7,11-12,15-19H2,(H,24,29). The molecule has 1 aliphatic carbocycles. The molecule has 1 aliphatic rings. The van der Waals surface area contributed by atoms with Crippen LogP contribution in [0.5, 0.6) is 0 Å². The van der Waals surface area contributed by atoms with Crippen LogP contribution in [0.3, 0.4) is 0 Å². The first kappa shape index (κ1) is 21.5. The van der Waals surface area contributed by atoms with Crippen LogP contribution in [0, 0.1) is 0 Å². The van der Waals surface area contributed by atoms with Crippen molar-refractivity contribution in [2.24, 2.45) is 0 Å². The number of hydrogen-bond acceptors (Lipinski definition) is 4. The lowest BCUT2D eigenvalue weighted by atomic mass is 9.98. The lowest BCUT2D eigenvalue weighted by molar-refractivity contribution is -0.121. The van der Waals surface area contributed by atoms with E-state index in [9.17, 15) is 4.79 Å².